The van der Waals surface area contributed by atoms with Gasteiger partial charge in [0.25, 0.3) is 11.6 Å². The Morgan fingerprint density at radius 1 is 1.19 bits per heavy atom. The number of aromatic amines is 1. The van der Waals surface area contributed by atoms with E-state index in [1.165, 1.54) is 31.4 Å². The second-order valence-corrected chi connectivity index (χ2v) is 6.24. The molecule has 3 aromatic rings. The van der Waals surface area contributed by atoms with Crippen LogP contribution < -0.4 is 10.1 Å². The SMILES string of the molecule is COc1cc(NC(=O)c2cc(-c3ccc(Cl)c(Cl)c3)n[nH]2)cc([N+](=O)[O-])c1. The molecular weight excluding hydrogens is 395 g/mol. The molecule has 0 radical (unpaired) electrons. The maximum Gasteiger partial charge on any atom is 0.275 e. The highest BCUT2D eigenvalue weighted by Gasteiger charge is 2.15. The highest BCUT2D eigenvalue weighted by Crippen LogP contribution is 2.29. The molecule has 0 atom stereocenters. The Balaban J connectivity index is 1.83. The summed E-state index contributed by atoms with van der Waals surface area (Å²) < 4.78 is 5.02. The average molecular weight is 407 g/mol. The first-order valence-electron chi connectivity index (χ1n) is 7.53. The van der Waals surface area contributed by atoms with E-state index in [0.29, 0.717) is 21.3 Å². The Labute approximate surface area is 163 Å². The molecule has 27 heavy (non-hydrogen) atoms. The van der Waals surface area contributed by atoms with E-state index in [4.69, 9.17) is 27.9 Å². The number of ether oxygens (including phenoxy) is 1. The molecule has 0 unspecified atom stereocenters. The molecule has 0 spiro atoms. The van der Waals surface area contributed by atoms with E-state index < -0.39 is 10.8 Å². The average Bonchev–Trinajstić information content (AvgIpc) is 3.14. The number of nitrogens with zero attached hydrogens (tertiary/aromatic N) is 2. The summed E-state index contributed by atoms with van der Waals surface area (Å²) in [7, 11) is 1.38. The van der Waals surface area contributed by atoms with Gasteiger partial charge in [0.1, 0.15) is 11.4 Å². The summed E-state index contributed by atoms with van der Waals surface area (Å²) in [6, 6.07) is 10.5. The van der Waals surface area contributed by atoms with Crippen molar-refractivity contribution >= 4 is 40.5 Å². The largest absolute Gasteiger partial charge is 0.496 e. The molecule has 1 amide bonds. The zero-order valence-corrected chi connectivity index (χ0v) is 15.3. The van der Waals surface area contributed by atoms with Gasteiger partial charge < -0.3 is 10.1 Å². The molecule has 0 aliphatic rings. The lowest BCUT2D eigenvalue weighted by Gasteiger charge is -2.06. The van der Waals surface area contributed by atoms with Crippen molar-refractivity contribution < 1.29 is 14.5 Å². The first kappa shape index (κ1) is 18.7. The van der Waals surface area contributed by atoms with Gasteiger partial charge in [0, 0.05) is 17.7 Å². The number of amides is 1. The number of carbonyl (C=O) groups excluding carboxylic acids is 1. The molecular formula is C17H12Cl2N4O4. The maximum atomic E-state index is 12.4. The molecule has 1 aromatic heterocycles. The molecule has 10 heteroatoms. The maximum absolute atomic E-state index is 12.4. The van der Waals surface area contributed by atoms with Crippen molar-refractivity contribution in [3.63, 3.8) is 0 Å². The summed E-state index contributed by atoms with van der Waals surface area (Å²) in [4.78, 5) is 22.8. The van der Waals surface area contributed by atoms with E-state index in [9.17, 15) is 14.9 Å². The van der Waals surface area contributed by atoms with E-state index in [1.54, 1.807) is 18.2 Å². The van der Waals surface area contributed by atoms with E-state index in [1.807, 2.05) is 0 Å². The number of nitrogens with one attached hydrogen (secondary N) is 2. The first-order chi connectivity index (χ1) is 12.9. The molecule has 2 aromatic carbocycles. The van der Waals surface area contributed by atoms with Crippen LogP contribution in [0.5, 0.6) is 5.75 Å². The van der Waals surface area contributed by atoms with E-state index in [2.05, 4.69) is 15.5 Å². The van der Waals surface area contributed by atoms with Gasteiger partial charge in [-0.2, -0.15) is 5.10 Å². The van der Waals surface area contributed by atoms with Gasteiger partial charge in [-0.25, -0.2) is 0 Å². The van der Waals surface area contributed by atoms with E-state index in [0.717, 1.165) is 0 Å². The molecule has 2 N–H and O–H groups in total. The van der Waals surface area contributed by atoms with Crippen molar-refractivity contribution in [3.8, 4) is 17.0 Å². The van der Waals surface area contributed by atoms with Crippen LogP contribution in [0.25, 0.3) is 11.3 Å². The molecule has 138 valence electrons. The fourth-order valence-electron chi connectivity index (χ4n) is 2.32. The lowest BCUT2D eigenvalue weighted by Crippen LogP contribution is -2.12. The third-order valence-electron chi connectivity index (χ3n) is 3.63. The van der Waals surface area contributed by atoms with Crippen LogP contribution in [0.4, 0.5) is 11.4 Å². The summed E-state index contributed by atoms with van der Waals surface area (Å²) in [5.74, 6) is -0.267. The number of nitro benzene ring substituents is 1. The van der Waals surface area contributed by atoms with Crippen LogP contribution >= 0.6 is 23.2 Å². The number of anilines is 1. The molecule has 0 saturated carbocycles. The smallest absolute Gasteiger partial charge is 0.275 e. The Hall–Kier alpha value is -3.10. The Kier molecular flexibility index (Phi) is 5.29. The van der Waals surface area contributed by atoms with Crippen LogP contribution in [0, 0.1) is 10.1 Å². The van der Waals surface area contributed by atoms with Gasteiger partial charge in [-0.15, -0.1) is 0 Å². The zero-order chi connectivity index (χ0) is 19.6. The molecule has 0 bridgehead atoms. The molecule has 0 aliphatic carbocycles. The summed E-state index contributed by atoms with van der Waals surface area (Å²) in [5.41, 5.74) is 1.36. The van der Waals surface area contributed by atoms with Crippen LogP contribution in [0.2, 0.25) is 10.0 Å². The number of aromatic nitrogens is 2. The van der Waals surface area contributed by atoms with E-state index in [-0.39, 0.29) is 22.8 Å². The molecule has 1 heterocycles. The number of benzene rings is 2. The van der Waals surface area contributed by atoms with Crippen molar-refractivity contribution in [1.29, 1.82) is 0 Å². The van der Waals surface area contributed by atoms with Gasteiger partial charge >= 0.3 is 0 Å². The van der Waals surface area contributed by atoms with Crippen molar-refractivity contribution in [2.75, 3.05) is 12.4 Å². The third kappa shape index (κ3) is 4.18. The number of hydrogen-bond donors (Lipinski definition) is 2. The van der Waals surface area contributed by atoms with Crippen LogP contribution in [0.15, 0.2) is 42.5 Å². The van der Waals surface area contributed by atoms with Crippen molar-refractivity contribution in [3.05, 3.63) is 68.3 Å². The molecule has 8 nitrogen and oxygen atoms in total. The summed E-state index contributed by atoms with van der Waals surface area (Å²) in [5, 5.41) is 21.0. The summed E-state index contributed by atoms with van der Waals surface area (Å²) in [6.07, 6.45) is 0. The number of carbonyl (C=O) groups is 1. The Morgan fingerprint density at radius 2 is 1.96 bits per heavy atom. The number of halogens is 2. The number of rotatable bonds is 5. The fourth-order valence-corrected chi connectivity index (χ4v) is 2.62. The predicted octanol–water partition coefficient (Wildman–Crippen LogP) is 4.55. The molecule has 3 rings (SSSR count). The summed E-state index contributed by atoms with van der Waals surface area (Å²) >= 11 is 11.9. The van der Waals surface area contributed by atoms with Gasteiger partial charge in [-0.3, -0.25) is 20.0 Å². The fraction of sp³-hybridized carbons (Fsp3) is 0.0588. The number of non-ortho nitro benzene ring substituents is 1. The normalized spacial score (nSPS) is 10.5. The second kappa shape index (κ2) is 7.65. The Bertz CT molecular complexity index is 1040. The Morgan fingerprint density at radius 3 is 2.63 bits per heavy atom. The predicted molar refractivity (Wildman–Crippen MR) is 102 cm³/mol. The van der Waals surface area contributed by atoms with Crippen molar-refractivity contribution in [1.82, 2.24) is 10.2 Å². The van der Waals surface area contributed by atoms with Gasteiger partial charge in [0.2, 0.25) is 0 Å². The van der Waals surface area contributed by atoms with Gasteiger partial charge in [0.15, 0.2) is 0 Å². The van der Waals surface area contributed by atoms with Gasteiger partial charge in [0.05, 0.1) is 39.5 Å². The lowest BCUT2D eigenvalue weighted by atomic mass is 10.1. The molecule has 0 fully saturated rings. The minimum atomic E-state index is -0.573. The van der Waals surface area contributed by atoms with Crippen LogP contribution in [0.3, 0.4) is 0 Å². The van der Waals surface area contributed by atoms with E-state index >= 15 is 0 Å². The summed E-state index contributed by atoms with van der Waals surface area (Å²) in [6.45, 7) is 0. The quantitative estimate of drug-likeness (QED) is 0.476. The number of H-pyrrole nitrogens is 1. The first-order valence-corrected chi connectivity index (χ1v) is 8.28. The second-order valence-electron chi connectivity index (χ2n) is 5.43. The standard InChI is InChI=1S/C17H12Cl2N4O4/c1-27-12-6-10(5-11(7-12)23(25)26)20-17(24)16-8-15(21-22-16)9-2-3-13(18)14(19)4-9/h2-8H,1H3,(H,20,24)(H,21,22). The minimum absolute atomic E-state index is 0.168. The number of methoxy groups -OCH3 is 1. The van der Waals surface area contributed by atoms with Gasteiger partial charge in [-0.05, 0) is 18.2 Å². The van der Waals surface area contributed by atoms with Crippen molar-refractivity contribution in [2.45, 2.75) is 0 Å². The lowest BCUT2D eigenvalue weighted by molar-refractivity contribution is -0.384. The van der Waals surface area contributed by atoms with Crippen LogP contribution in [0.1, 0.15) is 10.5 Å². The topological polar surface area (TPSA) is 110 Å². The third-order valence-corrected chi connectivity index (χ3v) is 4.37. The van der Waals surface area contributed by atoms with Crippen LogP contribution in [-0.4, -0.2) is 28.1 Å². The molecule has 0 aliphatic heterocycles. The molecule has 0 saturated heterocycles. The number of nitro groups is 1. The van der Waals surface area contributed by atoms with Gasteiger partial charge in [-0.1, -0.05) is 29.3 Å². The minimum Gasteiger partial charge on any atom is -0.496 e. The highest BCUT2D eigenvalue weighted by molar-refractivity contribution is 6.42. The highest BCUT2D eigenvalue weighted by atomic mass is 35.5. The number of hydrogen-bond acceptors (Lipinski definition) is 5. The van der Waals surface area contributed by atoms with Crippen molar-refractivity contribution in [2.24, 2.45) is 0 Å². The van der Waals surface area contributed by atoms with Crippen LogP contribution in [-0.2, 0) is 0 Å². The zero-order valence-electron chi connectivity index (χ0n) is 13.8. The monoisotopic (exact) mass is 406 g/mol.